The van der Waals surface area contributed by atoms with Gasteiger partial charge in [-0.15, -0.1) is 0 Å². The van der Waals surface area contributed by atoms with Crippen molar-refractivity contribution in [2.24, 2.45) is 11.8 Å². The predicted molar refractivity (Wildman–Crippen MR) is 174 cm³/mol. The third-order valence-electron chi connectivity index (χ3n) is 10.7. The summed E-state index contributed by atoms with van der Waals surface area (Å²) in [5.41, 5.74) is 5.08. The quantitative estimate of drug-likeness (QED) is 0.223. The Morgan fingerprint density at radius 2 is 1.17 bits per heavy atom. The Morgan fingerprint density at radius 1 is 0.745 bits per heavy atom. The number of hydrogen-bond donors (Lipinski definition) is 2. The number of imidazole rings is 2. The van der Waals surface area contributed by atoms with Crippen LogP contribution in [0.5, 0.6) is 0 Å². The Labute approximate surface area is 274 Å². The zero-order chi connectivity index (χ0) is 32.1. The minimum absolute atomic E-state index is 0. The highest BCUT2D eigenvalue weighted by Crippen LogP contribution is 2.45. The molecule has 0 radical (unpaired) electrons. The maximum absolute atomic E-state index is 14.0. The van der Waals surface area contributed by atoms with E-state index in [1.165, 1.54) is 0 Å². The van der Waals surface area contributed by atoms with Gasteiger partial charge in [-0.2, -0.15) is 0 Å². The number of pyridine rings is 2. The van der Waals surface area contributed by atoms with E-state index in [-0.39, 0.29) is 44.2 Å². The largest absolute Gasteiger partial charge is 0.393 e. The number of fused-ring (bicyclic) bond motifs is 6. The molecule has 47 heavy (non-hydrogen) atoms. The monoisotopic (exact) mass is 650 g/mol. The molecule has 4 unspecified atom stereocenters. The van der Waals surface area contributed by atoms with Crippen LogP contribution in [0.3, 0.4) is 0 Å². The van der Waals surface area contributed by atoms with E-state index in [0.29, 0.717) is 38.5 Å². The SMILES string of the molecule is C.CC1(F)CCC(C(O)CC2c3ncccc3-c3cncn32)CC1.OC(CC1c2ncccc2-c2cncn21)C1CCC(F)(F)CC1. The Bertz CT molecular complexity index is 1530. The highest BCUT2D eigenvalue weighted by molar-refractivity contribution is 5.67. The molecule has 2 saturated carbocycles. The van der Waals surface area contributed by atoms with Crippen LogP contribution in [0.1, 0.15) is 102 Å². The topological polar surface area (TPSA) is 102 Å². The van der Waals surface area contributed by atoms with Gasteiger partial charge in [0.1, 0.15) is 5.67 Å². The molecule has 4 atom stereocenters. The first-order valence-electron chi connectivity index (χ1n) is 16.5. The molecule has 0 spiro atoms. The molecule has 2 fully saturated rings. The Morgan fingerprint density at radius 3 is 1.62 bits per heavy atom. The van der Waals surface area contributed by atoms with Crippen LogP contribution >= 0.6 is 0 Å². The molecule has 4 aromatic rings. The molecule has 11 heteroatoms. The Balaban J connectivity index is 0.000000161. The van der Waals surface area contributed by atoms with E-state index < -0.39 is 23.8 Å². The number of aliphatic hydroxyl groups excluding tert-OH is 2. The van der Waals surface area contributed by atoms with Gasteiger partial charge < -0.3 is 19.3 Å². The molecule has 8 rings (SSSR count). The van der Waals surface area contributed by atoms with Gasteiger partial charge in [-0.25, -0.2) is 23.1 Å². The Kier molecular flexibility index (Phi) is 9.32. The summed E-state index contributed by atoms with van der Waals surface area (Å²) in [6.45, 7) is 1.67. The maximum Gasteiger partial charge on any atom is 0.248 e. The van der Waals surface area contributed by atoms with Crippen molar-refractivity contribution in [3.05, 3.63) is 73.1 Å². The fourth-order valence-electron chi connectivity index (χ4n) is 7.95. The predicted octanol–water partition coefficient (Wildman–Crippen LogP) is 7.58. The number of halogens is 3. The van der Waals surface area contributed by atoms with Gasteiger partial charge in [-0.05, 0) is 81.5 Å². The molecule has 252 valence electrons. The summed E-state index contributed by atoms with van der Waals surface area (Å²) in [5, 5.41) is 21.3. The standard InChI is InChI=1S/C18H22FN3O.C17H19F2N3O.CH4/c1-18(19)6-4-12(5-7-18)16(23)9-14-17-13(3-2-8-21-17)15-10-20-11-22(14)15;18-17(19)5-3-11(4-6-17)15(23)8-13-16-12(2-1-7-21-16)14-9-20-10-22(13)14;/h2-3,8,10-12,14,16,23H,4-7,9H2,1H3;1-2,7,9-11,13,15,23H,3-6,8H2;1H4. The van der Waals surface area contributed by atoms with Crippen LogP contribution in [-0.4, -0.2) is 63.1 Å². The molecule has 0 saturated heterocycles. The van der Waals surface area contributed by atoms with Gasteiger partial charge in [0, 0.05) is 49.2 Å². The van der Waals surface area contributed by atoms with Crippen molar-refractivity contribution in [1.29, 1.82) is 0 Å². The van der Waals surface area contributed by atoms with Crippen molar-refractivity contribution in [2.45, 2.75) is 114 Å². The highest BCUT2D eigenvalue weighted by atomic mass is 19.3. The van der Waals surface area contributed by atoms with Gasteiger partial charge in [0.25, 0.3) is 0 Å². The summed E-state index contributed by atoms with van der Waals surface area (Å²) in [6.07, 6.45) is 14.0. The fourth-order valence-corrected chi connectivity index (χ4v) is 7.95. The first-order chi connectivity index (χ1) is 22.1. The lowest BCUT2D eigenvalue weighted by Crippen LogP contribution is -2.33. The van der Waals surface area contributed by atoms with E-state index in [1.807, 2.05) is 35.3 Å². The van der Waals surface area contributed by atoms with Crippen molar-refractivity contribution in [3.8, 4) is 22.5 Å². The fraction of sp³-hybridized carbons (Fsp3) is 0.556. The summed E-state index contributed by atoms with van der Waals surface area (Å²) in [7, 11) is 0. The van der Waals surface area contributed by atoms with Gasteiger partial charge in [-0.3, -0.25) is 9.97 Å². The van der Waals surface area contributed by atoms with Crippen LogP contribution in [-0.2, 0) is 0 Å². The first kappa shape index (κ1) is 33.3. The lowest BCUT2D eigenvalue weighted by Gasteiger charge is -2.34. The number of alkyl halides is 3. The van der Waals surface area contributed by atoms with Crippen LogP contribution in [0.4, 0.5) is 13.2 Å². The minimum atomic E-state index is -2.56. The summed E-state index contributed by atoms with van der Waals surface area (Å²) in [4.78, 5) is 17.4. The van der Waals surface area contributed by atoms with Crippen molar-refractivity contribution in [2.75, 3.05) is 0 Å². The molecule has 2 N–H and O–H groups in total. The lowest BCUT2D eigenvalue weighted by atomic mass is 9.77. The highest BCUT2D eigenvalue weighted by Gasteiger charge is 2.40. The summed E-state index contributed by atoms with van der Waals surface area (Å²) in [5.74, 6) is -2.44. The van der Waals surface area contributed by atoms with E-state index >= 15 is 0 Å². The number of aliphatic hydroxyl groups is 2. The first-order valence-corrected chi connectivity index (χ1v) is 16.5. The number of hydrogen-bond acceptors (Lipinski definition) is 6. The van der Waals surface area contributed by atoms with E-state index in [4.69, 9.17) is 0 Å². The maximum atomic E-state index is 14.0. The van der Waals surface area contributed by atoms with Crippen molar-refractivity contribution < 1.29 is 23.4 Å². The second-order valence-corrected chi connectivity index (χ2v) is 13.8. The number of aromatic nitrogens is 6. The van der Waals surface area contributed by atoms with Crippen LogP contribution in [0.15, 0.2) is 61.7 Å². The molecule has 8 nitrogen and oxygen atoms in total. The third-order valence-corrected chi connectivity index (χ3v) is 10.7. The van der Waals surface area contributed by atoms with Crippen LogP contribution in [0.2, 0.25) is 0 Å². The van der Waals surface area contributed by atoms with E-state index in [2.05, 4.69) is 30.6 Å². The van der Waals surface area contributed by atoms with Gasteiger partial charge in [0.05, 0.1) is 72.1 Å². The average molecular weight is 651 g/mol. The van der Waals surface area contributed by atoms with Crippen molar-refractivity contribution in [3.63, 3.8) is 0 Å². The molecule has 6 heterocycles. The number of rotatable bonds is 6. The summed E-state index contributed by atoms with van der Waals surface area (Å²) in [6, 6.07) is 7.83. The second kappa shape index (κ2) is 13.1. The van der Waals surface area contributed by atoms with Gasteiger partial charge in [0.15, 0.2) is 0 Å². The number of nitrogens with zero attached hydrogens (tertiary/aromatic N) is 6. The second-order valence-electron chi connectivity index (χ2n) is 13.8. The molecule has 4 aliphatic rings. The van der Waals surface area contributed by atoms with Crippen molar-refractivity contribution in [1.82, 2.24) is 29.1 Å². The zero-order valence-electron chi connectivity index (χ0n) is 26.0. The molecule has 0 bridgehead atoms. The van der Waals surface area contributed by atoms with E-state index in [1.54, 1.807) is 31.8 Å². The minimum Gasteiger partial charge on any atom is -0.393 e. The van der Waals surface area contributed by atoms with E-state index in [0.717, 1.165) is 46.7 Å². The van der Waals surface area contributed by atoms with Gasteiger partial charge >= 0.3 is 0 Å². The van der Waals surface area contributed by atoms with Crippen LogP contribution in [0.25, 0.3) is 22.5 Å². The third kappa shape index (κ3) is 6.61. The molecule has 0 aromatic carbocycles. The molecule has 2 aliphatic heterocycles. The summed E-state index contributed by atoms with van der Waals surface area (Å²) < 4.78 is 44.7. The van der Waals surface area contributed by atoms with Gasteiger partial charge in [0.2, 0.25) is 5.92 Å². The van der Waals surface area contributed by atoms with Gasteiger partial charge in [-0.1, -0.05) is 7.43 Å². The smallest absolute Gasteiger partial charge is 0.248 e. The van der Waals surface area contributed by atoms with E-state index in [9.17, 15) is 23.4 Å². The molecule has 4 aromatic heterocycles. The van der Waals surface area contributed by atoms with Crippen LogP contribution < -0.4 is 0 Å². The molecular weight excluding hydrogens is 605 g/mol. The van der Waals surface area contributed by atoms with Crippen molar-refractivity contribution >= 4 is 0 Å². The zero-order valence-corrected chi connectivity index (χ0v) is 26.0. The lowest BCUT2D eigenvalue weighted by molar-refractivity contribution is -0.0639. The Hall–Kier alpha value is -3.57. The molecule has 2 aliphatic carbocycles. The summed E-state index contributed by atoms with van der Waals surface area (Å²) >= 11 is 0. The van der Waals surface area contributed by atoms with Crippen LogP contribution in [0, 0.1) is 11.8 Å². The average Bonchev–Trinajstić information content (AvgIpc) is 3.82. The molecule has 0 amide bonds. The normalized spacial score (nSPS) is 26.9. The molecular formula is C36H45F3N6O2.